The molecule has 0 saturated carbocycles. The van der Waals surface area contributed by atoms with Gasteiger partial charge in [-0.1, -0.05) is 12.1 Å². The molecular weight excluding hydrogens is 436 g/mol. The quantitative estimate of drug-likeness (QED) is 0.674. The Kier molecular flexibility index (Phi) is 6.18. The largest absolute Gasteiger partial charge is 0.497 e. The number of nitrogens with zero attached hydrogens (tertiary/aromatic N) is 2. The third kappa shape index (κ3) is 4.12. The minimum Gasteiger partial charge on any atom is -0.497 e. The third-order valence-corrected chi connectivity index (χ3v) is 7.10. The van der Waals surface area contributed by atoms with Crippen molar-refractivity contribution >= 4 is 17.5 Å². The van der Waals surface area contributed by atoms with E-state index in [1.165, 1.54) is 0 Å². The Morgan fingerprint density at radius 1 is 0.912 bits per heavy atom. The zero-order valence-corrected chi connectivity index (χ0v) is 19.6. The van der Waals surface area contributed by atoms with Gasteiger partial charge in [-0.25, -0.2) is 0 Å². The van der Waals surface area contributed by atoms with E-state index in [9.17, 15) is 9.59 Å². The van der Waals surface area contributed by atoms with E-state index in [0.29, 0.717) is 44.9 Å². The maximum atomic E-state index is 13.8. The fourth-order valence-corrected chi connectivity index (χ4v) is 5.27. The highest BCUT2D eigenvalue weighted by atomic mass is 16.7. The van der Waals surface area contributed by atoms with Crippen molar-refractivity contribution in [3.63, 3.8) is 0 Å². The summed E-state index contributed by atoms with van der Waals surface area (Å²) in [6, 6.07) is 14.6. The second-order valence-electron chi connectivity index (χ2n) is 8.92. The third-order valence-electron chi connectivity index (χ3n) is 7.10. The van der Waals surface area contributed by atoms with Crippen molar-refractivity contribution < 1.29 is 28.5 Å². The average Bonchev–Trinajstić information content (AvgIpc) is 3.48. The number of piperidine rings is 1. The lowest BCUT2D eigenvalue weighted by atomic mass is 9.91. The molecule has 180 valence electrons. The van der Waals surface area contributed by atoms with Gasteiger partial charge in [0.15, 0.2) is 5.79 Å². The Balaban J connectivity index is 1.43. The topological polar surface area (TPSA) is 77.5 Å². The summed E-state index contributed by atoms with van der Waals surface area (Å²) >= 11 is 0. The number of benzene rings is 2. The van der Waals surface area contributed by atoms with Gasteiger partial charge in [0.05, 0.1) is 39.4 Å². The summed E-state index contributed by atoms with van der Waals surface area (Å²) in [5.74, 6) is 0.334. The van der Waals surface area contributed by atoms with Crippen molar-refractivity contribution in [2.75, 3.05) is 45.4 Å². The second kappa shape index (κ2) is 9.27. The molecule has 0 N–H and O–H groups in total. The Morgan fingerprint density at radius 2 is 1.47 bits per heavy atom. The summed E-state index contributed by atoms with van der Waals surface area (Å²) < 4.78 is 22.2. The highest BCUT2D eigenvalue weighted by molar-refractivity contribution is 6.01. The molecule has 0 unspecified atom stereocenters. The predicted molar refractivity (Wildman–Crippen MR) is 125 cm³/mol. The van der Waals surface area contributed by atoms with Crippen LogP contribution in [-0.4, -0.2) is 63.0 Å². The van der Waals surface area contributed by atoms with Gasteiger partial charge < -0.3 is 28.7 Å². The van der Waals surface area contributed by atoms with Gasteiger partial charge in [-0.3, -0.25) is 9.59 Å². The van der Waals surface area contributed by atoms with Crippen molar-refractivity contribution in [3.05, 3.63) is 54.1 Å². The number of amides is 2. The molecule has 34 heavy (non-hydrogen) atoms. The average molecular weight is 467 g/mol. The SMILES string of the molecule is COc1ccc([C@H]2[C@H](C(=O)N3CCC4(CC3)OCCO4)CC(=O)N2c2ccc(OC)cc2)cc1. The highest BCUT2D eigenvalue weighted by Gasteiger charge is 2.48. The zero-order valence-electron chi connectivity index (χ0n) is 19.6. The second-order valence-corrected chi connectivity index (χ2v) is 8.92. The van der Waals surface area contributed by atoms with Crippen LogP contribution in [0.15, 0.2) is 48.5 Å². The molecule has 2 atom stereocenters. The van der Waals surface area contributed by atoms with E-state index in [-0.39, 0.29) is 18.2 Å². The molecule has 0 bridgehead atoms. The van der Waals surface area contributed by atoms with Crippen molar-refractivity contribution in [3.8, 4) is 11.5 Å². The predicted octanol–water partition coefficient (Wildman–Crippen LogP) is 3.16. The number of hydrogen-bond donors (Lipinski definition) is 0. The number of likely N-dealkylation sites (tertiary alicyclic amines) is 1. The monoisotopic (exact) mass is 466 g/mol. The first-order chi connectivity index (χ1) is 16.5. The minimum absolute atomic E-state index is 0.00183. The van der Waals surface area contributed by atoms with Crippen molar-refractivity contribution in [2.45, 2.75) is 31.1 Å². The summed E-state index contributed by atoms with van der Waals surface area (Å²) in [4.78, 5) is 30.7. The Labute approximate surface area is 199 Å². The van der Waals surface area contributed by atoms with E-state index in [1.807, 2.05) is 53.4 Å². The van der Waals surface area contributed by atoms with Crippen LogP contribution in [0.3, 0.4) is 0 Å². The minimum atomic E-state index is -0.549. The van der Waals surface area contributed by atoms with E-state index in [4.69, 9.17) is 18.9 Å². The van der Waals surface area contributed by atoms with Gasteiger partial charge in [0.25, 0.3) is 0 Å². The number of carbonyl (C=O) groups excluding carboxylic acids is 2. The molecule has 1 spiro atoms. The molecular formula is C26H30N2O6. The van der Waals surface area contributed by atoms with E-state index in [0.717, 1.165) is 17.0 Å². The van der Waals surface area contributed by atoms with Gasteiger partial charge in [0.2, 0.25) is 11.8 Å². The van der Waals surface area contributed by atoms with Crippen LogP contribution in [0.1, 0.15) is 30.9 Å². The normalized spacial score (nSPS) is 24.0. The molecule has 0 radical (unpaired) electrons. The van der Waals surface area contributed by atoms with Crippen molar-refractivity contribution in [2.24, 2.45) is 5.92 Å². The molecule has 5 rings (SSSR count). The Morgan fingerprint density at radius 3 is 2.03 bits per heavy atom. The Hall–Kier alpha value is -3.10. The lowest BCUT2D eigenvalue weighted by Crippen LogP contribution is -2.49. The lowest BCUT2D eigenvalue weighted by Gasteiger charge is -2.39. The van der Waals surface area contributed by atoms with Gasteiger partial charge in [-0.15, -0.1) is 0 Å². The maximum absolute atomic E-state index is 13.8. The summed E-state index contributed by atoms with van der Waals surface area (Å²) in [6.07, 6.45) is 1.46. The summed E-state index contributed by atoms with van der Waals surface area (Å²) in [5, 5.41) is 0. The van der Waals surface area contributed by atoms with Crippen LogP contribution in [0, 0.1) is 5.92 Å². The van der Waals surface area contributed by atoms with E-state index >= 15 is 0 Å². The molecule has 8 nitrogen and oxygen atoms in total. The molecule has 3 aliphatic rings. The standard InChI is InChI=1S/C26H30N2O6/c1-31-20-7-3-18(4-8-20)24-22(17-23(29)28(24)19-5-9-21(32-2)10-6-19)25(30)27-13-11-26(12-14-27)33-15-16-34-26/h3-10,22,24H,11-17H2,1-2H3/t22-,24+/m1/s1. The van der Waals surface area contributed by atoms with Crippen LogP contribution in [-0.2, 0) is 19.1 Å². The fourth-order valence-electron chi connectivity index (χ4n) is 5.27. The summed E-state index contributed by atoms with van der Waals surface area (Å²) in [7, 11) is 3.22. The number of rotatable bonds is 5. The molecule has 3 aliphatic heterocycles. The fraction of sp³-hybridized carbons (Fsp3) is 0.462. The van der Waals surface area contributed by atoms with Gasteiger partial charge in [0.1, 0.15) is 11.5 Å². The first kappa shape index (κ1) is 22.7. The molecule has 2 aromatic rings. The number of ether oxygens (including phenoxy) is 4. The number of methoxy groups -OCH3 is 2. The van der Waals surface area contributed by atoms with Crippen LogP contribution in [0.25, 0.3) is 0 Å². The molecule has 3 fully saturated rings. The lowest BCUT2D eigenvalue weighted by molar-refractivity contribution is -0.188. The summed E-state index contributed by atoms with van der Waals surface area (Å²) in [6.45, 7) is 2.31. The zero-order chi connectivity index (χ0) is 23.7. The molecule has 2 amide bonds. The smallest absolute Gasteiger partial charge is 0.228 e. The molecule has 0 aliphatic carbocycles. The van der Waals surface area contributed by atoms with E-state index in [1.54, 1.807) is 19.1 Å². The molecule has 0 aromatic heterocycles. The number of carbonyl (C=O) groups is 2. The first-order valence-corrected chi connectivity index (χ1v) is 11.7. The van der Waals surface area contributed by atoms with Crippen LogP contribution in [0.5, 0.6) is 11.5 Å². The van der Waals surface area contributed by atoms with Crippen LogP contribution < -0.4 is 14.4 Å². The molecule has 8 heteroatoms. The number of hydrogen-bond acceptors (Lipinski definition) is 6. The molecule has 3 heterocycles. The van der Waals surface area contributed by atoms with Gasteiger partial charge >= 0.3 is 0 Å². The van der Waals surface area contributed by atoms with Crippen molar-refractivity contribution in [1.82, 2.24) is 4.90 Å². The van der Waals surface area contributed by atoms with Crippen LogP contribution in [0.2, 0.25) is 0 Å². The summed E-state index contributed by atoms with van der Waals surface area (Å²) in [5.41, 5.74) is 1.64. The van der Waals surface area contributed by atoms with E-state index in [2.05, 4.69) is 0 Å². The van der Waals surface area contributed by atoms with Gasteiger partial charge in [-0.05, 0) is 42.0 Å². The van der Waals surface area contributed by atoms with Crippen LogP contribution >= 0.6 is 0 Å². The van der Waals surface area contributed by atoms with Gasteiger partial charge in [-0.2, -0.15) is 0 Å². The Bertz CT molecular complexity index is 1020. The van der Waals surface area contributed by atoms with Crippen molar-refractivity contribution in [1.29, 1.82) is 0 Å². The molecule has 3 saturated heterocycles. The maximum Gasteiger partial charge on any atom is 0.228 e. The highest BCUT2D eigenvalue weighted by Crippen LogP contribution is 2.43. The number of anilines is 1. The van der Waals surface area contributed by atoms with E-state index < -0.39 is 17.7 Å². The van der Waals surface area contributed by atoms with Gasteiger partial charge in [0, 0.05) is 38.0 Å². The first-order valence-electron chi connectivity index (χ1n) is 11.7. The van der Waals surface area contributed by atoms with Crippen LogP contribution in [0.4, 0.5) is 5.69 Å². The molecule has 2 aromatic carbocycles.